The standard InChI is InChI=1S/C17H15IO3/c1-19-17(20-2)15-10-11(9-12-7-8-16(18)21-12)13-5-3-4-6-14(13)15/h3-10,17H,1-2H3/b11-9+. The Labute approximate surface area is 137 Å². The Bertz CT molecular complexity index is 708. The van der Waals surface area contributed by atoms with Crippen LogP contribution in [0.25, 0.3) is 17.2 Å². The van der Waals surface area contributed by atoms with E-state index in [-0.39, 0.29) is 6.29 Å². The van der Waals surface area contributed by atoms with Gasteiger partial charge >= 0.3 is 0 Å². The molecule has 21 heavy (non-hydrogen) atoms. The van der Waals surface area contributed by atoms with Gasteiger partial charge in [-0.25, -0.2) is 0 Å². The summed E-state index contributed by atoms with van der Waals surface area (Å²) in [7, 11) is 3.29. The number of fused-ring (bicyclic) bond motifs is 1. The molecule has 0 aliphatic heterocycles. The Balaban J connectivity index is 2.07. The third-order valence-electron chi connectivity index (χ3n) is 3.43. The SMILES string of the molecule is COC(OC)C1=C/C(=C\c2ccc(I)o2)c2ccccc21. The third kappa shape index (κ3) is 2.84. The Morgan fingerprint density at radius 3 is 2.38 bits per heavy atom. The third-order valence-corrected chi connectivity index (χ3v) is 4.01. The van der Waals surface area contributed by atoms with Gasteiger partial charge in [0, 0.05) is 19.8 Å². The van der Waals surface area contributed by atoms with Gasteiger partial charge in [-0.1, -0.05) is 24.3 Å². The first-order chi connectivity index (χ1) is 10.2. The molecule has 3 rings (SSSR count). The monoisotopic (exact) mass is 394 g/mol. The van der Waals surface area contributed by atoms with Crippen molar-refractivity contribution in [2.45, 2.75) is 6.29 Å². The second kappa shape index (κ2) is 6.17. The van der Waals surface area contributed by atoms with Gasteiger partial charge in [-0.15, -0.1) is 0 Å². The summed E-state index contributed by atoms with van der Waals surface area (Å²) < 4.78 is 17.3. The van der Waals surface area contributed by atoms with Crippen LogP contribution >= 0.6 is 22.6 Å². The van der Waals surface area contributed by atoms with Crippen molar-refractivity contribution in [3.8, 4) is 0 Å². The first-order valence-electron chi connectivity index (χ1n) is 6.57. The fourth-order valence-electron chi connectivity index (χ4n) is 2.53. The van der Waals surface area contributed by atoms with Crippen molar-refractivity contribution in [2.75, 3.05) is 14.2 Å². The van der Waals surface area contributed by atoms with E-state index in [1.54, 1.807) is 14.2 Å². The average molecular weight is 394 g/mol. The largest absolute Gasteiger partial charge is 0.451 e. The Kier molecular flexibility index (Phi) is 4.28. The summed E-state index contributed by atoms with van der Waals surface area (Å²) in [6.45, 7) is 0. The van der Waals surface area contributed by atoms with Gasteiger partial charge in [0.05, 0.1) is 0 Å². The van der Waals surface area contributed by atoms with Gasteiger partial charge in [0.25, 0.3) is 0 Å². The fourth-order valence-corrected chi connectivity index (χ4v) is 2.97. The molecule has 0 fully saturated rings. The van der Waals surface area contributed by atoms with Gasteiger partial charge in [0.15, 0.2) is 10.1 Å². The first-order valence-corrected chi connectivity index (χ1v) is 7.65. The molecular weight excluding hydrogens is 379 g/mol. The average Bonchev–Trinajstić information content (AvgIpc) is 3.06. The highest BCUT2D eigenvalue weighted by atomic mass is 127. The number of allylic oxidation sites excluding steroid dienone is 2. The van der Waals surface area contributed by atoms with Crippen LogP contribution in [0.2, 0.25) is 0 Å². The van der Waals surface area contributed by atoms with Crippen LogP contribution in [0.4, 0.5) is 0 Å². The van der Waals surface area contributed by atoms with Gasteiger partial charge in [0.1, 0.15) is 5.76 Å². The van der Waals surface area contributed by atoms with E-state index in [0.29, 0.717) is 0 Å². The summed E-state index contributed by atoms with van der Waals surface area (Å²) in [6.07, 6.45) is 3.77. The lowest BCUT2D eigenvalue weighted by Gasteiger charge is -2.15. The summed E-state index contributed by atoms with van der Waals surface area (Å²) in [6, 6.07) is 12.1. The van der Waals surface area contributed by atoms with Crippen LogP contribution < -0.4 is 0 Å². The molecule has 1 aromatic carbocycles. The molecular formula is C17H15IO3. The molecule has 0 bridgehead atoms. The maximum Gasteiger partial charge on any atom is 0.183 e. The van der Waals surface area contributed by atoms with Crippen LogP contribution in [0.3, 0.4) is 0 Å². The van der Waals surface area contributed by atoms with Crippen molar-refractivity contribution in [2.24, 2.45) is 0 Å². The molecule has 0 saturated carbocycles. The lowest BCUT2D eigenvalue weighted by Crippen LogP contribution is -2.14. The van der Waals surface area contributed by atoms with Crippen LogP contribution in [0, 0.1) is 3.77 Å². The molecule has 0 radical (unpaired) electrons. The second-order valence-corrected chi connectivity index (χ2v) is 5.75. The maximum absolute atomic E-state index is 5.63. The Hall–Kier alpha value is -1.37. The van der Waals surface area contributed by atoms with E-state index in [2.05, 4.69) is 40.8 Å². The van der Waals surface area contributed by atoms with Crippen LogP contribution in [-0.4, -0.2) is 20.5 Å². The van der Waals surface area contributed by atoms with Gasteiger partial charge in [-0.2, -0.15) is 0 Å². The first kappa shape index (κ1) is 14.6. The van der Waals surface area contributed by atoms with Gasteiger partial charge in [0.2, 0.25) is 0 Å². The zero-order valence-corrected chi connectivity index (χ0v) is 14.0. The molecule has 1 aromatic heterocycles. The van der Waals surface area contributed by atoms with Gasteiger partial charge in [-0.05, 0) is 63.6 Å². The number of methoxy groups -OCH3 is 2. The highest BCUT2D eigenvalue weighted by Gasteiger charge is 2.24. The van der Waals surface area contributed by atoms with Gasteiger partial charge < -0.3 is 13.9 Å². The Morgan fingerprint density at radius 1 is 1.05 bits per heavy atom. The van der Waals surface area contributed by atoms with Crippen LogP contribution in [0.5, 0.6) is 0 Å². The van der Waals surface area contributed by atoms with Gasteiger partial charge in [-0.3, -0.25) is 0 Å². The number of ether oxygens (including phenoxy) is 2. The number of benzene rings is 1. The van der Waals surface area contributed by atoms with Crippen molar-refractivity contribution < 1.29 is 13.9 Å². The minimum Gasteiger partial charge on any atom is -0.451 e. The predicted molar refractivity (Wildman–Crippen MR) is 91.5 cm³/mol. The van der Waals surface area contributed by atoms with Crippen molar-refractivity contribution in [3.63, 3.8) is 0 Å². The van der Waals surface area contributed by atoms with E-state index in [0.717, 1.165) is 31.8 Å². The summed E-state index contributed by atoms with van der Waals surface area (Å²) in [5.41, 5.74) is 4.44. The predicted octanol–water partition coefficient (Wildman–Crippen LogP) is 4.44. The molecule has 1 heterocycles. The highest BCUT2D eigenvalue weighted by molar-refractivity contribution is 14.1. The lowest BCUT2D eigenvalue weighted by molar-refractivity contribution is -0.0588. The molecule has 1 aliphatic rings. The zero-order chi connectivity index (χ0) is 14.8. The van der Waals surface area contributed by atoms with E-state index in [1.807, 2.05) is 30.3 Å². The summed E-state index contributed by atoms with van der Waals surface area (Å²) in [5, 5.41) is 0. The molecule has 2 aromatic rings. The molecule has 4 heteroatoms. The van der Waals surface area contributed by atoms with Crippen LogP contribution in [0.1, 0.15) is 16.9 Å². The minimum atomic E-state index is -0.367. The fraction of sp³-hybridized carbons (Fsp3) is 0.176. The van der Waals surface area contributed by atoms with Crippen molar-refractivity contribution in [3.05, 3.63) is 63.1 Å². The van der Waals surface area contributed by atoms with E-state index in [1.165, 1.54) is 0 Å². The molecule has 0 N–H and O–H groups in total. The zero-order valence-electron chi connectivity index (χ0n) is 11.8. The molecule has 0 saturated heterocycles. The minimum absolute atomic E-state index is 0.367. The molecule has 0 spiro atoms. The van der Waals surface area contributed by atoms with Crippen LogP contribution in [0.15, 0.2) is 46.9 Å². The van der Waals surface area contributed by atoms with E-state index >= 15 is 0 Å². The van der Waals surface area contributed by atoms with Crippen molar-refractivity contribution in [1.82, 2.24) is 0 Å². The summed E-state index contributed by atoms with van der Waals surface area (Å²) >= 11 is 2.16. The smallest absolute Gasteiger partial charge is 0.183 e. The number of rotatable bonds is 4. The summed E-state index contributed by atoms with van der Waals surface area (Å²) in [4.78, 5) is 0. The number of hydrogen-bond acceptors (Lipinski definition) is 3. The normalized spacial score (nSPS) is 15.6. The maximum atomic E-state index is 5.63. The summed E-state index contributed by atoms with van der Waals surface area (Å²) in [5.74, 6) is 0.841. The second-order valence-electron chi connectivity index (χ2n) is 4.69. The molecule has 0 unspecified atom stereocenters. The molecule has 0 atom stereocenters. The molecule has 3 nitrogen and oxygen atoms in total. The Morgan fingerprint density at radius 2 is 1.76 bits per heavy atom. The highest BCUT2D eigenvalue weighted by Crippen LogP contribution is 2.38. The van der Waals surface area contributed by atoms with E-state index < -0.39 is 0 Å². The number of hydrogen-bond donors (Lipinski definition) is 0. The van der Waals surface area contributed by atoms with E-state index in [4.69, 9.17) is 13.9 Å². The number of furan rings is 1. The van der Waals surface area contributed by atoms with Crippen LogP contribution in [-0.2, 0) is 9.47 Å². The molecule has 1 aliphatic carbocycles. The van der Waals surface area contributed by atoms with E-state index in [9.17, 15) is 0 Å². The number of halogens is 1. The van der Waals surface area contributed by atoms with Crippen molar-refractivity contribution >= 4 is 39.8 Å². The molecule has 0 amide bonds. The lowest BCUT2D eigenvalue weighted by atomic mass is 10.0. The molecule has 108 valence electrons. The van der Waals surface area contributed by atoms with Crippen molar-refractivity contribution in [1.29, 1.82) is 0 Å². The topological polar surface area (TPSA) is 31.6 Å². The quantitative estimate of drug-likeness (QED) is 0.568.